The summed E-state index contributed by atoms with van der Waals surface area (Å²) in [6.07, 6.45) is 4.14. The number of nitrogens with zero attached hydrogens (tertiary/aromatic N) is 1. The van der Waals surface area contributed by atoms with Crippen molar-refractivity contribution >= 4 is 27.1 Å². The molecular formula is C15H18N2S. The Kier molecular flexibility index (Phi) is 2.55. The Labute approximate surface area is 112 Å². The van der Waals surface area contributed by atoms with Crippen LogP contribution in [0.4, 0.5) is 5.69 Å². The smallest absolute Gasteiger partial charge is 0.0400 e. The standard InChI is InChI=1S/C15H18N2S/c1-4-15-11(6-8-18-15)9-12(1)16-13-5-7-17(10-13)14-2-3-14/h1,4,6,8-9,13-14,16H,2-3,5,7,10H2. The van der Waals surface area contributed by atoms with Crippen LogP contribution in [0.1, 0.15) is 19.3 Å². The second-order valence-electron chi connectivity index (χ2n) is 5.53. The molecule has 1 aliphatic carbocycles. The lowest BCUT2D eigenvalue weighted by Crippen LogP contribution is -2.27. The molecule has 2 aliphatic rings. The number of hydrogen-bond donors (Lipinski definition) is 1. The summed E-state index contributed by atoms with van der Waals surface area (Å²) < 4.78 is 1.38. The summed E-state index contributed by atoms with van der Waals surface area (Å²) in [6.45, 7) is 2.51. The molecule has 18 heavy (non-hydrogen) atoms. The average molecular weight is 258 g/mol. The summed E-state index contributed by atoms with van der Waals surface area (Å²) >= 11 is 1.82. The first-order chi connectivity index (χ1) is 8.88. The van der Waals surface area contributed by atoms with E-state index in [1.807, 2.05) is 11.3 Å². The van der Waals surface area contributed by atoms with Crippen LogP contribution in [0.15, 0.2) is 29.6 Å². The van der Waals surface area contributed by atoms with Gasteiger partial charge in [0.25, 0.3) is 0 Å². The predicted molar refractivity (Wildman–Crippen MR) is 78.4 cm³/mol. The highest BCUT2D eigenvalue weighted by atomic mass is 32.1. The minimum absolute atomic E-state index is 0.640. The third-order valence-corrected chi connectivity index (χ3v) is 5.00. The molecule has 2 nitrogen and oxygen atoms in total. The molecule has 1 aromatic carbocycles. The van der Waals surface area contributed by atoms with Crippen LogP contribution in [-0.2, 0) is 0 Å². The van der Waals surface area contributed by atoms with E-state index in [0.29, 0.717) is 6.04 Å². The maximum Gasteiger partial charge on any atom is 0.0400 e. The van der Waals surface area contributed by atoms with Crippen molar-refractivity contribution in [2.24, 2.45) is 0 Å². The van der Waals surface area contributed by atoms with Crippen molar-refractivity contribution in [1.29, 1.82) is 0 Å². The van der Waals surface area contributed by atoms with Gasteiger partial charge in [0, 0.05) is 35.6 Å². The SMILES string of the molecule is c1cc2cc(NC3CCN(C4CC4)C3)ccc2s1. The van der Waals surface area contributed by atoms with E-state index >= 15 is 0 Å². The Hall–Kier alpha value is -1.06. The van der Waals surface area contributed by atoms with Crippen molar-refractivity contribution in [3.05, 3.63) is 29.6 Å². The fraction of sp³-hybridized carbons (Fsp3) is 0.467. The molecule has 1 aliphatic heterocycles. The molecule has 2 aromatic rings. The zero-order valence-corrected chi connectivity index (χ0v) is 11.2. The molecule has 0 spiro atoms. The highest BCUT2D eigenvalue weighted by Gasteiger charge is 2.34. The Morgan fingerprint density at radius 1 is 1.17 bits per heavy atom. The Bertz CT molecular complexity index is 558. The van der Waals surface area contributed by atoms with E-state index in [9.17, 15) is 0 Å². The average Bonchev–Trinajstić information content (AvgIpc) is 2.95. The fourth-order valence-electron chi connectivity index (χ4n) is 2.97. The summed E-state index contributed by atoms with van der Waals surface area (Å²) in [5.74, 6) is 0. The Balaban J connectivity index is 1.47. The van der Waals surface area contributed by atoms with E-state index < -0.39 is 0 Å². The summed E-state index contributed by atoms with van der Waals surface area (Å²) in [5, 5.41) is 7.23. The second kappa shape index (κ2) is 4.25. The molecule has 94 valence electrons. The monoisotopic (exact) mass is 258 g/mol. The fourth-order valence-corrected chi connectivity index (χ4v) is 3.74. The van der Waals surface area contributed by atoms with Gasteiger partial charge < -0.3 is 5.32 Å². The molecule has 1 unspecified atom stereocenters. The molecule has 1 saturated carbocycles. The molecule has 4 rings (SSSR count). The zero-order valence-electron chi connectivity index (χ0n) is 10.4. The lowest BCUT2D eigenvalue weighted by atomic mass is 10.2. The van der Waals surface area contributed by atoms with E-state index in [1.54, 1.807) is 0 Å². The van der Waals surface area contributed by atoms with Crippen LogP contribution in [0.25, 0.3) is 10.1 Å². The number of anilines is 1. The van der Waals surface area contributed by atoms with Gasteiger partial charge in [0.15, 0.2) is 0 Å². The molecule has 2 heterocycles. The van der Waals surface area contributed by atoms with Gasteiger partial charge in [-0.15, -0.1) is 11.3 Å². The summed E-state index contributed by atoms with van der Waals surface area (Å²) in [5.41, 5.74) is 1.28. The van der Waals surface area contributed by atoms with Crippen LogP contribution in [0.2, 0.25) is 0 Å². The maximum absolute atomic E-state index is 3.70. The van der Waals surface area contributed by atoms with Crippen LogP contribution in [-0.4, -0.2) is 30.1 Å². The third-order valence-electron chi connectivity index (χ3n) is 4.11. The van der Waals surface area contributed by atoms with Crippen LogP contribution in [0, 0.1) is 0 Å². The van der Waals surface area contributed by atoms with Crippen molar-refractivity contribution < 1.29 is 0 Å². The van der Waals surface area contributed by atoms with Gasteiger partial charge >= 0.3 is 0 Å². The van der Waals surface area contributed by atoms with Crippen molar-refractivity contribution in [1.82, 2.24) is 4.90 Å². The van der Waals surface area contributed by atoms with Gasteiger partial charge in [0.1, 0.15) is 0 Å². The van der Waals surface area contributed by atoms with Gasteiger partial charge in [0.05, 0.1) is 0 Å². The van der Waals surface area contributed by atoms with E-state index in [4.69, 9.17) is 0 Å². The normalized spacial score (nSPS) is 24.8. The van der Waals surface area contributed by atoms with Crippen molar-refractivity contribution in [3.63, 3.8) is 0 Å². The Morgan fingerprint density at radius 3 is 3.00 bits per heavy atom. The largest absolute Gasteiger partial charge is 0.381 e. The molecule has 3 heteroatoms. The number of thiophene rings is 1. The highest BCUT2D eigenvalue weighted by molar-refractivity contribution is 7.17. The van der Waals surface area contributed by atoms with Gasteiger partial charge in [-0.25, -0.2) is 0 Å². The van der Waals surface area contributed by atoms with Crippen molar-refractivity contribution in [3.8, 4) is 0 Å². The molecule has 0 amide bonds. The third kappa shape index (κ3) is 2.02. The van der Waals surface area contributed by atoms with E-state index in [2.05, 4.69) is 39.9 Å². The molecule has 1 N–H and O–H groups in total. The van der Waals surface area contributed by atoms with Crippen LogP contribution in [0.5, 0.6) is 0 Å². The van der Waals surface area contributed by atoms with Crippen molar-refractivity contribution in [2.75, 3.05) is 18.4 Å². The molecule has 2 fully saturated rings. The first-order valence-corrected chi connectivity index (χ1v) is 7.74. The minimum Gasteiger partial charge on any atom is -0.381 e. The lowest BCUT2D eigenvalue weighted by molar-refractivity contribution is 0.326. The van der Waals surface area contributed by atoms with Gasteiger partial charge in [-0.2, -0.15) is 0 Å². The van der Waals surface area contributed by atoms with Crippen molar-refractivity contribution in [2.45, 2.75) is 31.3 Å². The molecule has 1 aromatic heterocycles. The second-order valence-corrected chi connectivity index (χ2v) is 6.48. The summed E-state index contributed by atoms with van der Waals surface area (Å²) in [7, 11) is 0. The van der Waals surface area contributed by atoms with E-state index in [1.165, 1.54) is 48.1 Å². The van der Waals surface area contributed by atoms with Gasteiger partial charge in [0.2, 0.25) is 0 Å². The highest BCUT2D eigenvalue weighted by Crippen LogP contribution is 2.31. The van der Waals surface area contributed by atoms with Crippen LogP contribution < -0.4 is 5.32 Å². The number of nitrogens with one attached hydrogen (secondary N) is 1. The molecule has 0 bridgehead atoms. The number of benzene rings is 1. The number of hydrogen-bond acceptors (Lipinski definition) is 3. The number of fused-ring (bicyclic) bond motifs is 1. The zero-order chi connectivity index (χ0) is 11.9. The van der Waals surface area contributed by atoms with E-state index in [0.717, 1.165) is 6.04 Å². The van der Waals surface area contributed by atoms with Crippen LogP contribution in [0.3, 0.4) is 0 Å². The molecular weight excluding hydrogens is 240 g/mol. The first kappa shape index (κ1) is 10.8. The molecule has 1 atom stereocenters. The summed E-state index contributed by atoms with van der Waals surface area (Å²) in [4.78, 5) is 2.65. The van der Waals surface area contributed by atoms with Gasteiger partial charge in [-0.3, -0.25) is 4.90 Å². The molecule has 1 saturated heterocycles. The van der Waals surface area contributed by atoms with Gasteiger partial charge in [-0.1, -0.05) is 0 Å². The minimum atomic E-state index is 0.640. The van der Waals surface area contributed by atoms with Crippen LogP contribution >= 0.6 is 11.3 Å². The quantitative estimate of drug-likeness (QED) is 0.905. The topological polar surface area (TPSA) is 15.3 Å². The molecule has 0 radical (unpaired) electrons. The maximum atomic E-state index is 3.70. The number of rotatable bonds is 3. The number of likely N-dealkylation sites (tertiary alicyclic amines) is 1. The summed E-state index contributed by atoms with van der Waals surface area (Å²) in [6, 6.07) is 10.5. The van der Waals surface area contributed by atoms with Gasteiger partial charge in [-0.05, 0) is 54.3 Å². The Morgan fingerprint density at radius 2 is 2.11 bits per heavy atom. The first-order valence-electron chi connectivity index (χ1n) is 6.86. The predicted octanol–water partition coefficient (Wildman–Crippen LogP) is 3.55. The van der Waals surface area contributed by atoms with E-state index in [-0.39, 0.29) is 0 Å². The lowest BCUT2D eigenvalue weighted by Gasteiger charge is -2.16.